The quantitative estimate of drug-likeness (QED) is 0.593. The minimum atomic E-state index is -1.14. The van der Waals surface area contributed by atoms with E-state index in [1.807, 2.05) is 0 Å². The van der Waals surface area contributed by atoms with Gasteiger partial charge < -0.3 is 19.9 Å². The molecule has 0 aromatic heterocycles. The summed E-state index contributed by atoms with van der Waals surface area (Å²) < 4.78 is 9.13. The Labute approximate surface area is 81.5 Å². The smallest absolute Gasteiger partial charge is 0.407 e. The molecule has 6 nitrogen and oxygen atoms in total. The maximum absolute atomic E-state index is 10.8. The van der Waals surface area contributed by atoms with Crippen molar-refractivity contribution in [3.8, 4) is 0 Å². The number of hydrogen-bond donors (Lipinski definition) is 2. The van der Waals surface area contributed by atoms with Crippen LogP contribution < -0.4 is 5.32 Å². The highest BCUT2D eigenvalue weighted by molar-refractivity contribution is 5.74. The third kappa shape index (κ3) is 5.15. The first-order valence-electron chi connectivity index (χ1n) is 3.89. The molecule has 1 atom stereocenters. The maximum Gasteiger partial charge on any atom is 0.407 e. The molecule has 0 rings (SSSR count). The Morgan fingerprint density at radius 3 is 2.71 bits per heavy atom. The fourth-order valence-electron chi connectivity index (χ4n) is 0.633. The Balaban J connectivity index is 3.73. The van der Waals surface area contributed by atoms with Crippen molar-refractivity contribution in [2.75, 3.05) is 20.3 Å². The van der Waals surface area contributed by atoms with E-state index in [-0.39, 0.29) is 13.2 Å². The fourth-order valence-corrected chi connectivity index (χ4v) is 0.633. The van der Waals surface area contributed by atoms with Crippen LogP contribution in [0.1, 0.15) is 0 Å². The van der Waals surface area contributed by atoms with E-state index < -0.39 is 18.2 Å². The molecular weight excluding hydrogens is 190 g/mol. The van der Waals surface area contributed by atoms with E-state index in [1.54, 1.807) is 0 Å². The van der Waals surface area contributed by atoms with Crippen molar-refractivity contribution >= 4 is 12.1 Å². The van der Waals surface area contributed by atoms with Crippen molar-refractivity contribution in [1.82, 2.24) is 5.32 Å². The van der Waals surface area contributed by atoms with Gasteiger partial charge in [0, 0.05) is 7.11 Å². The first-order valence-corrected chi connectivity index (χ1v) is 3.89. The van der Waals surface area contributed by atoms with E-state index >= 15 is 0 Å². The number of rotatable bonds is 6. The van der Waals surface area contributed by atoms with Gasteiger partial charge >= 0.3 is 12.1 Å². The topological polar surface area (TPSA) is 84.9 Å². The summed E-state index contributed by atoms with van der Waals surface area (Å²) in [6.07, 6.45) is -0.357. The van der Waals surface area contributed by atoms with E-state index in [0.717, 1.165) is 0 Å². The molecule has 0 spiro atoms. The average Bonchev–Trinajstić information content (AvgIpc) is 2.15. The summed E-state index contributed by atoms with van der Waals surface area (Å²) in [6.45, 7) is 3.29. The van der Waals surface area contributed by atoms with Gasteiger partial charge in [0.2, 0.25) is 0 Å². The highest BCUT2D eigenvalue weighted by Crippen LogP contribution is 1.88. The van der Waals surface area contributed by atoms with Crippen LogP contribution in [0.3, 0.4) is 0 Å². The number of methoxy groups -OCH3 is 1. The summed E-state index contributed by atoms with van der Waals surface area (Å²) in [6, 6.07) is 0. The van der Waals surface area contributed by atoms with E-state index in [4.69, 9.17) is 5.11 Å². The van der Waals surface area contributed by atoms with Gasteiger partial charge in [-0.3, -0.25) is 0 Å². The van der Waals surface area contributed by atoms with Crippen LogP contribution in [0.15, 0.2) is 12.7 Å². The molecule has 0 radical (unpaired) electrons. The van der Waals surface area contributed by atoms with Crippen LogP contribution in [0.4, 0.5) is 4.79 Å². The zero-order valence-corrected chi connectivity index (χ0v) is 7.86. The monoisotopic (exact) mass is 203 g/mol. The zero-order chi connectivity index (χ0) is 11.0. The van der Waals surface area contributed by atoms with Crippen LogP contribution in [0, 0.1) is 0 Å². The summed E-state index contributed by atoms with van der Waals surface area (Å²) in [7, 11) is 1.25. The Kier molecular flexibility index (Phi) is 6.13. The predicted molar refractivity (Wildman–Crippen MR) is 48.0 cm³/mol. The van der Waals surface area contributed by atoms with E-state index in [2.05, 4.69) is 21.4 Å². The van der Waals surface area contributed by atoms with Crippen molar-refractivity contribution in [3.05, 3.63) is 12.7 Å². The first-order chi connectivity index (χ1) is 6.61. The van der Waals surface area contributed by atoms with E-state index in [9.17, 15) is 9.59 Å². The number of aliphatic carboxylic acids is 1. The van der Waals surface area contributed by atoms with E-state index in [0.29, 0.717) is 0 Å². The molecule has 0 heterocycles. The first kappa shape index (κ1) is 12.4. The van der Waals surface area contributed by atoms with Gasteiger partial charge in [-0.05, 0) is 0 Å². The number of alkyl carbamates (subject to hydrolysis) is 1. The van der Waals surface area contributed by atoms with Crippen LogP contribution in [0.25, 0.3) is 0 Å². The highest BCUT2D eigenvalue weighted by atomic mass is 16.5. The lowest BCUT2D eigenvalue weighted by molar-refractivity contribution is -0.148. The van der Waals surface area contributed by atoms with Crippen LogP contribution in [0.2, 0.25) is 0 Å². The van der Waals surface area contributed by atoms with Gasteiger partial charge in [0.25, 0.3) is 0 Å². The maximum atomic E-state index is 10.8. The Morgan fingerprint density at radius 1 is 1.64 bits per heavy atom. The standard InChI is InChI=1S/C8H13NO5/c1-3-4-14-8(12)9-5-6(13-2)7(10)11/h3,6H,1,4-5H2,2H3,(H,9,12)(H,10,11). The van der Waals surface area contributed by atoms with Gasteiger partial charge in [-0.2, -0.15) is 0 Å². The molecule has 0 saturated heterocycles. The molecule has 2 N–H and O–H groups in total. The van der Waals surface area contributed by atoms with Crippen LogP contribution in [-0.4, -0.2) is 43.5 Å². The fraction of sp³-hybridized carbons (Fsp3) is 0.500. The lowest BCUT2D eigenvalue weighted by Crippen LogP contribution is -2.38. The third-order valence-electron chi connectivity index (χ3n) is 1.32. The van der Waals surface area contributed by atoms with Crippen molar-refractivity contribution < 1.29 is 24.2 Å². The number of ether oxygens (including phenoxy) is 2. The Hall–Kier alpha value is -1.56. The minimum Gasteiger partial charge on any atom is -0.479 e. The summed E-state index contributed by atoms with van der Waals surface area (Å²) in [5.41, 5.74) is 0. The summed E-state index contributed by atoms with van der Waals surface area (Å²) in [4.78, 5) is 21.2. The predicted octanol–water partition coefficient (Wildman–Crippen LogP) is -0.00180. The second-order valence-corrected chi connectivity index (χ2v) is 2.33. The second kappa shape index (κ2) is 6.90. The SMILES string of the molecule is C=CCOC(=O)NCC(OC)C(=O)O. The normalized spacial score (nSPS) is 11.5. The molecule has 1 unspecified atom stereocenters. The van der Waals surface area contributed by atoms with Crippen LogP contribution >= 0.6 is 0 Å². The van der Waals surface area contributed by atoms with Gasteiger partial charge in [0.05, 0.1) is 6.54 Å². The number of nitrogens with one attached hydrogen (secondary N) is 1. The average molecular weight is 203 g/mol. The number of carboxylic acid groups (broad SMARTS) is 1. The van der Waals surface area contributed by atoms with Gasteiger partial charge in [0.15, 0.2) is 6.10 Å². The Bertz CT molecular complexity index is 216. The van der Waals surface area contributed by atoms with Gasteiger partial charge in [-0.1, -0.05) is 12.7 Å². The highest BCUT2D eigenvalue weighted by Gasteiger charge is 2.17. The van der Waals surface area contributed by atoms with E-state index in [1.165, 1.54) is 13.2 Å². The number of carbonyl (C=O) groups excluding carboxylic acids is 1. The second-order valence-electron chi connectivity index (χ2n) is 2.33. The zero-order valence-electron chi connectivity index (χ0n) is 7.86. The number of carbonyl (C=O) groups is 2. The van der Waals surface area contributed by atoms with Crippen molar-refractivity contribution in [1.29, 1.82) is 0 Å². The number of carboxylic acids is 1. The van der Waals surface area contributed by atoms with Gasteiger partial charge in [-0.15, -0.1) is 0 Å². The Morgan fingerprint density at radius 2 is 2.29 bits per heavy atom. The molecule has 0 saturated carbocycles. The molecule has 0 fully saturated rings. The molecule has 0 bridgehead atoms. The van der Waals surface area contributed by atoms with Gasteiger partial charge in [0.1, 0.15) is 6.61 Å². The molecule has 0 aromatic carbocycles. The van der Waals surface area contributed by atoms with Crippen molar-refractivity contribution in [2.45, 2.75) is 6.10 Å². The molecule has 6 heteroatoms. The molecule has 0 aliphatic rings. The number of hydrogen-bond acceptors (Lipinski definition) is 4. The molecule has 80 valence electrons. The summed E-state index contributed by atoms with van der Waals surface area (Å²) in [5, 5.41) is 10.8. The molecular formula is C8H13NO5. The molecule has 0 aromatic rings. The van der Waals surface area contributed by atoms with Gasteiger partial charge in [-0.25, -0.2) is 9.59 Å². The minimum absolute atomic E-state index is 0.0799. The third-order valence-corrected chi connectivity index (χ3v) is 1.32. The number of amides is 1. The van der Waals surface area contributed by atoms with Crippen molar-refractivity contribution in [2.24, 2.45) is 0 Å². The molecule has 14 heavy (non-hydrogen) atoms. The lowest BCUT2D eigenvalue weighted by Gasteiger charge is -2.10. The largest absolute Gasteiger partial charge is 0.479 e. The summed E-state index contributed by atoms with van der Waals surface area (Å²) >= 11 is 0. The molecule has 1 amide bonds. The molecule has 0 aliphatic heterocycles. The van der Waals surface area contributed by atoms with Crippen LogP contribution in [0.5, 0.6) is 0 Å². The van der Waals surface area contributed by atoms with Crippen molar-refractivity contribution in [3.63, 3.8) is 0 Å². The summed E-state index contributed by atoms with van der Waals surface area (Å²) in [5.74, 6) is -1.14. The lowest BCUT2D eigenvalue weighted by atomic mass is 10.3. The molecule has 0 aliphatic carbocycles. The van der Waals surface area contributed by atoms with Crippen LogP contribution in [-0.2, 0) is 14.3 Å².